The van der Waals surface area contributed by atoms with Gasteiger partial charge in [-0.05, 0) is 47.9 Å². The van der Waals surface area contributed by atoms with E-state index < -0.39 is 5.91 Å². The molecule has 0 aromatic heterocycles. The van der Waals surface area contributed by atoms with Crippen molar-refractivity contribution in [2.24, 2.45) is 5.73 Å². The molecule has 86 valence electrons. The predicted molar refractivity (Wildman–Crippen MR) is 65.1 cm³/mol. The maximum atomic E-state index is 13.0. The summed E-state index contributed by atoms with van der Waals surface area (Å²) in [6, 6.07) is 11.6. The molecule has 0 aliphatic heterocycles. The fourth-order valence-electron chi connectivity index (χ4n) is 1.77. The molecule has 0 bridgehead atoms. The number of amides is 1. The Kier molecular flexibility index (Phi) is 2.91. The Balaban J connectivity index is 2.43. The lowest BCUT2D eigenvalue weighted by Crippen LogP contribution is -2.10. The standard InChI is InChI=1S/C14H12FNO/c1-9-8-12(15)6-7-13(9)10-2-4-11(5-3-10)14(16)17/h2-8H,1H3,(H2,16,17). The number of primary amides is 1. The van der Waals surface area contributed by atoms with Crippen LogP contribution in [0.15, 0.2) is 42.5 Å². The monoisotopic (exact) mass is 229 g/mol. The molecular formula is C14H12FNO. The SMILES string of the molecule is Cc1cc(F)ccc1-c1ccc(C(N)=O)cc1. The number of carbonyl (C=O) groups excluding carboxylic acids is 1. The van der Waals surface area contributed by atoms with Crippen molar-refractivity contribution in [3.05, 3.63) is 59.4 Å². The van der Waals surface area contributed by atoms with Crippen LogP contribution in [0.2, 0.25) is 0 Å². The van der Waals surface area contributed by atoms with E-state index in [4.69, 9.17) is 5.73 Å². The Morgan fingerprint density at radius 3 is 2.29 bits per heavy atom. The van der Waals surface area contributed by atoms with E-state index in [1.54, 1.807) is 30.3 Å². The molecule has 0 saturated carbocycles. The number of hydrogen-bond acceptors (Lipinski definition) is 1. The van der Waals surface area contributed by atoms with Gasteiger partial charge in [0.1, 0.15) is 5.82 Å². The third-order valence-corrected chi connectivity index (χ3v) is 2.67. The maximum absolute atomic E-state index is 13.0. The van der Waals surface area contributed by atoms with Gasteiger partial charge in [0.15, 0.2) is 0 Å². The van der Waals surface area contributed by atoms with Crippen molar-refractivity contribution in [3.8, 4) is 11.1 Å². The summed E-state index contributed by atoms with van der Waals surface area (Å²) >= 11 is 0. The summed E-state index contributed by atoms with van der Waals surface area (Å²) in [6.45, 7) is 1.85. The molecular weight excluding hydrogens is 217 g/mol. The second-order valence-corrected chi connectivity index (χ2v) is 3.90. The zero-order chi connectivity index (χ0) is 12.4. The lowest BCUT2D eigenvalue weighted by molar-refractivity contribution is 0.100. The van der Waals surface area contributed by atoms with Crippen LogP contribution in [0.25, 0.3) is 11.1 Å². The highest BCUT2D eigenvalue weighted by Gasteiger charge is 2.04. The summed E-state index contributed by atoms with van der Waals surface area (Å²) < 4.78 is 13.0. The van der Waals surface area contributed by atoms with Gasteiger partial charge in [0, 0.05) is 5.56 Å². The summed E-state index contributed by atoms with van der Waals surface area (Å²) in [5.41, 5.74) is 8.37. The van der Waals surface area contributed by atoms with Gasteiger partial charge in [0.25, 0.3) is 0 Å². The fraction of sp³-hybridized carbons (Fsp3) is 0.0714. The molecule has 0 aliphatic rings. The molecule has 0 heterocycles. The van der Waals surface area contributed by atoms with Crippen molar-refractivity contribution in [2.75, 3.05) is 0 Å². The van der Waals surface area contributed by atoms with Gasteiger partial charge in [0.2, 0.25) is 5.91 Å². The number of hydrogen-bond donors (Lipinski definition) is 1. The topological polar surface area (TPSA) is 43.1 Å². The van der Waals surface area contributed by atoms with Crippen LogP contribution in [0.4, 0.5) is 4.39 Å². The molecule has 17 heavy (non-hydrogen) atoms. The van der Waals surface area contributed by atoms with Crippen LogP contribution in [0.1, 0.15) is 15.9 Å². The van der Waals surface area contributed by atoms with E-state index in [0.29, 0.717) is 5.56 Å². The van der Waals surface area contributed by atoms with Gasteiger partial charge < -0.3 is 5.73 Å². The highest BCUT2D eigenvalue weighted by atomic mass is 19.1. The van der Waals surface area contributed by atoms with Crippen molar-refractivity contribution in [1.82, 2.24) is 0 Å². The Labute approximate surface area is 98.9 Å². The van der Waals surface area contributed by atoms with E-state index >= 15 is 0 Å². The molecule has 2 aromatic carbocycles. The minimum Gasteiger partial charge on any atom is -0.366 e. The van der Waals surface area contributed by atoms with Crippen LogP contribution in [-0.2, 0) is 0 Å². The normalized spacial score (nSPS) is 10.2. The van der Waals surface area contributed by atoms with Crippen LogP contribution < -0.4 is 5.73 Å². The first kappa shape index (κ1) is 11.3. The van der Waals surface area contributed by atoms with Gasteiger partial charge in [0.05, 0.1) is 0 Å². The fourth-order valence-corrected chi connectivity index (χ4v) is 1.77. The molecule has 0 spiro atoms. The van der Waals surface area contributed by atoms with Gasteiger partial charge in [-0.2, -0.15) is 0 Å². The summed E-state index contributed by atoms with van der Waals surface area (Å²) in [4.78, 5) is 10.9. The molecule has 0 unspecified atom stereocenters. The molecule has 0 radical (unpaired) electrons. The highest BCUT2D eigenvalue weighted by molar-refractivity contribution is 5.93. The molecule has 0 fully saturated rings. The third-order valence-electron chi connectivity index (χ3n) is 2.67. The summed E-state index contributed by atoms with van der Waals surface area (Å²) in [6.07, 6.45) is 0. The van der Waals surface area contributed by atoms with Crippen LogP contribution in [0.3, 0.4) is 0 Å². The average Bonchev–Trinajstić information content (AvgIpc) is 2.29. The summed E-state index contributed by atoms with van der Waals surface area (Å²) in [7, 11) is 0. The molecule has 3 heteroatoms. The largest absolute Gasteiger partial charge is 0.366 e. The van der Waals surface area contributed by atoms with Crippen molar-refractivity contribution in [3.63, 3.8) is 0 Å². The number of nitrogens with two attached hydrogens (primary N) is 1. The van der Waals surface area contributed by atoms with Gasteiger partial charge in [-0.15, -0.1) is 0 Å². The third kappa shape index (κ3) is 2.33. The van der Waals surface area contributed by atoms with Gasteiger partial charge >= 0.3 is 0 Å². The van der Waals surface area contributed by atoms with Crippen molar-refractivity contribution in [2.45, 2.75) is 6.92 Å². The Hall–Kier alpha value is -2.16. The molecule has 2 rings (SSSR count). The number of benzene rings is 2. The predicted octanol–water partition coefficient (Wildman–Crippen LogP) is 2.90. The van der Waals surface area contributed by atoms with Crippen LogP contribution in [0, 0.1) is 12.7 Å². The van der Waals surface area contributed by atoms with Crippen molar-refractivity contribution >= 4 is 5.91 Å². The minimum absolute atomic E-state index is 0.250. The first-order chi connectivity index (χ1) is 8.08. The second-order valence-electron chi connectivity index (χ2n) is 3.90. The smallest absolute Gasteiger partial charge is 0.248 e. The lowest BCUT2D eigenvalue weighted by Gasteiger charge is -2.06. The van der Waals surface area contributed by atoms with E-state index in [-0.39, 0.29) is 5.82 Å². The number of aryl methyl sites for hydroxylation is 1. The first-order valence-corrected chi connectivity index (χ1v) is 5.24. The molecule has 2 N–H and O–H groups in total. The van der Waals surface area contributed by atoms with Crippen molar-refractivity contribution in [1.29, 1.82) is 0 Å². The summed E-state index contributed by atoms with van der Waals surface area (Å²) in [5.74, 6) is -0.701. The van der Waals surface area contributed by atoms with E-state index in [1.165, 1.54) is 12.1 Å². The zero-order valence-electron chi connectivity index (χ0n) is 9.41. The van der Waals surface area contributed by atoms with Gasteiger partial charge in [-0.25, -0.2) is 4.39 Å². The molecule has 0 atom stereocenters. The lowest BCUT2D eigenvalue weighted by atomic mass is 9.99. The van der Waals surface area contributed by atoms with Crippen LogP contribution in [0.5, 0.6) is 0 Å². The molecule has 2 aromatic rings. The Bertz CT molecular complexity index is 561. The number of carbonyl (C=O) groups is 1. The average molecular weight is 229 g/mol. The van der Waals surface area contributed by atoms with Crippen molar-refractivity contribution < 1.29 is 9.18 Å². The second kappa shape index (κ2) is 4.37. The van der Waals surface area contributed by atoms with Gasteiger partial charge in [-0.3, -0.25) is 4.79 Å². The Morgan fingerprint density at radius 1 is 1.12 bits per heavy atom. The van der Waals surface area contributed by atoms with E-state index in [1.807, 2.05) is 6.92 Å². The zero-order valence-corrected chi connectivity index (χ0v) is 9.41. The van der Waals surface area contributed by atoms with Crippen LogP contribution in [-0.4, -0.2) is 5.91 Å². The number of rotatable bonds is 2. The maximum Gasteiger partial charge on any atom is 0.248 e. The van der Waals surface area contributed by atoms with E-state index in [0.717, 1.165) is 16.7 Å². The molecule has 0 aliphatic carbocycles. The number of halogens is 1. The van der Waals surface area contributed by atoms with Gasteiger partial charge in [-0.1, -0.05) is 18.2 Å². The van der Waals surface area contributed by atoms with Crippen LogP contribution >= 0.6 is 0 Å². The quantitative estimate of drug-likeness (QED) is 0.845. The Morgan fingerprint density at radius 2 is 1.76 bits per heavy atom. The van der Waals surface area contributed by atoms with E-state index in [9.17, 15) is 9.18 Å². The minimum atomic E-state index is -0.452. The first-order valence-electron chi connectivity index (χ1n) is 5.24. The van der Waals surface area contributed by atoms with E-state index in [2.05, 4.69) is 0 Å². The summed E-state index contributed by atoms with van der Waals surface area (Å²) in [5, 5.41) is 0. The highest BCUT2D eigenvalue weighted by Crippen LogP contribution is 2.24. The molecule has 2 nitrogen and oxygen atoms in total. The molecule has 1 amide bonds. The molecule has 0 saturated heterocycles.